The lowest BCUT2D eigenvalue weighted by atomic mass is 10.1. The Balaban J connectivity index is 2.05. The van der Waals surface area contributed by atoms with Gasteiger partial charge < -0.3 is 4.74 Å². The molecule has 1 saturated heterocycles. The summed E-state index contributed by atoms with van der Waals surface area (Å²) in [5.41, 5.74) is 9.30. The van der Waals surface area contributed by atoms with E-state index >= 15 is 0 Å². The van der Waals surface area contributed by atoms with Crippen LogP contribution in [0.4, 0.5) is 4.79 Å². The van der Waals surface area contributed by atoms with Crippen molar-refractivity contribution in [3.05, 3.63) is 46.3 Å². The number of amides is 1. The second-order valence-electron chi connectivity index (χ2n) is 4.16. The van der Waals surface area contributed by atoms with E-state index in [1.165, 1.54) is 0 Å². The molecule has 0 radical (unpaired) electrons. The van der Waals surface area contributed by atoms with Crippen molar-refractivity contribution in [2.75, 3.05) is 13.1 Å². The highest BCUT2D eigenvalue weighted by molar-refractivity contribution is 5.70. The molecule has 1 aromatic rings. The minimum absolute atomic E-state index is 0.0465. The van der Waals surface area contributed by atoms with Crippen LogP contribution in [0, 0.1) is 0 Å². The average molecular weight is 246 g/mol. The van der Waals surface area contributed by atoms with Crippen LogP contribution in [-0.2, 0) is 4.74 Å². The zero-order valence-electron chi connectivity index (χ0n) is 10.1. The first-order valence-corrected chi connectivity index (χ1v) is 5.75. The van der Waals surface area contributed by atoms with Crippen molar-refractivity contribution in [3.8, 4) is 0 Å². The molecule has 2 atom stereocenters. The summed E-state index contributed by atoms with van der Waals surface area (Å²) in [5, 5.41) is 3.43. The Morgan fingerprint density at radius 3 is 2.94 bits per heavy atom. The molecule has 1 aliphatic heterocycles. The third kappa shape index (κ3) is 2.55. The Labute approximate surface area is 105 Å². The van der Waals surface area contributed by atoms with Gasteiger partial charge in [-0.3, -0.25) is 4.90 Å². The molecule has 0 aromatic heterocycles. The second kappa shape index (κ2) is 5.42. The van der Waals surface area contributed by atoms with Crippen molar-refractivity contribution in [2.45, 2.75) is 19.1 Å². The Kier molecular flexibility index (Phi) is 3.69. The summed E-state index contributed by atoms with van der Waals surface area (Å²) in [7, 11) is 0. The van der Waals surface area contributed by atoms with Crippen molar-refractivity contribution in [2.24, 2.45) is 5.11 Å². The van der Waals surface area contributed by atoms with Gasteiger partial charge in [-0.2, -0.15) is 0 Å². The molecule has 2 rings (SSSR count). The van der Waals surface area contributed by atoms with Crippen molar-refractivity contribution in [3.63, 3.8) is 0 Å². The lowest BCUT2D eigenvalue weighted by Gasteiger charge is -2.22. The average Bonchev–Trinajstić information content (AvgIpc) is 2.78. The predicted octanol–water partition coefficient (Wildman–Crippen LogP) is 2.88. The fourth-order valence-electron chi connectivity index (χ4n) is 1.99. The highest BCUT2D eigenvalue weighted by Gasteiger charge is 2.34. The lowest BCUT2D eigenvalue weighted by Crippen LogP contribution is -2.28. The molecule has 94 valence electrons. The number of carbonyl (C=O) groups excluding carboxylic acids is 1. The van der Waals surface area contributed by atoms with E-state index in [0.717, 1.165) is 5.56 Å². The third-order valence-corrected chi connectivity index (χ3v) is 3.00. The van der Waals surface area contributed by atoms with Crippen LogP contribution in [0.1, 0.15) is 18.5 Å². The predicted molar refractivity (Wildman–Crippen MR) is 65.8 cm³/mol. The molecule has 18 heavy (non-hydrogen) atoms. The summed E-state index contributed by atoms with van der Waals surface area (Å²) in [5.74, 6) is 0. The lowest BCUT2D eigenvalue weighted by molar-refractivity contribution is 0.131. The number of nitrogens with zero attached hydrogens (tertiary/aromatic N) is 4. The molecule has 1 fully saturated rings. The standard InChI is InChI=1S/C12H14N4O2/c1-9(10-5-3-2-4-6-10)16-8-11(7-14-15-13)18-12(16)17/h2-6,9,11H,7-8H2,1H3/t9-,11+/m0/s1. The first-order valence-electron chi connectivity index (χ1n) is 5.75. The summed E-state index contributed by atoms with van der Waals surface area (Å²) < 4.78 is 5.14. The molecule has 1 heterocycles. The number of rotatable bonds is 4. The fourth-order valence-corrected chi connectivity index (χ4v) is 1.99. The third-order valence-electron chi connectivity index (χ3n) is 3.00. The van der Waals surface area contributed by atoms with E-state index in [0.29, 0.717) is 6.54 Å². The maximum atomic E-state index is 11.7. The van der Waals surface area contributed by atoms with E-state index < -0.39 is 0 Å². The van der Waals surface area contributed by atoms with E-state index in [-0.39, 0.29) is 24.8 Å². The van der Waals surface area contributed by atoms with Gasteiger partial charge >= 0.3 is 6.09 Å². The van der Waals surface area contributed by atoms with E-state index in [9.17, 15) is 4.79 Å². The largest absolute Gasteiger partial charge is 0.444 e. The maximum absolute atomic E-state index is 11.7. The highest BCUT2D eigenvalue weighted by Crippen LogP contribution is 2.25. The summed E-state index contributed by atoms with van der Waals surface area (Å²) in [6.45, 7) is 2.58. The van der Waals surface area contributed by atoms with Gasteiger partial charge in [-0.1, -0.05) is 35.4 Å². The molecular weight excluding hydrogens is 232 g/mol. The fraction of sp³-hybridized carbons (Fsp3) is 0.417. The number of cyclic esters (lactones) is 1. The number of hydrogen-bond acceptors (Lipinski definition) is 3. The SMILES string of the molecule is C[C@@H](c1ccccc1)N1C[C@@H](CN=[N+]=[N-])OC1=O. The normalized spacial score (nSPS) is 20.2. The molecule has 0 unspecified atom stereocenters. The Morgan fingerprint density at radius 1 is 1.56 bits per heavy atom. The van der Waals surface area contributed by atoms with Crippen LogP contribution in [-0.4, -0.2) is 30.2 Å². The Bertz CT molecular complexity index is 470. The van der Waals surface area contributed by atoms with Crippen molar-refractivity contribution in [1.82, 2.24) is 4.90 Å². The number of azide groups is 1. The van der Waals surface area contributed by atoms with Crippen LogP contribution in [0.2, 0.25) is 0 Å². The minimum atomic E-state index is -0.357. The molecule has 0 bridgehead atoms. The van der Waals surface area contributed by atoms with Crippen LogP contribution in [0.5, 0.6) is 0 Å². The van der Waals surface area contributed by atoms with E-state index in [2.05, 4.69) is 10.0 Å². The summed E-state index contributed by atoms with van der Waals surface area (Å²) in [6, 6.07) is 9.70. The van der Waals surface area contributed by atoms with Gasteiger partial charge in [-0.25, -0.2) is 4.79 Å². The zero-order chi connectivity index (χ0) is 13.0. The second-order valence-corrected chi connectivity index (χ2v) is 4.16. The summed E-state index contributed by atoms with van der Waals surface area (Å²) in [6.07, 6.45) is -0.705. The first kappa shape index (κ1) is 12.3. The van der Waals surface area contributed by atoms with E-state index in [1.807, 2.05) is 37.3 Å². The Hall–Kier alpha value is -2.20. The van der Waals surface area contributed by atoms with E-state index in [1.54, 1.807) is 4.90 Å². The number of ether oxygens (including phenoxy) is 1. The van der Waals surface area contributed by atoms with Crippen LogP contribution < -0.4 is 0 Å². The molecule has 6 nitrogen and oxygen atoms in total. The van der Waals surface area contributed by atoms with Crippen LogP contribution in [0.3, 0.4) is 0 Å². The summed E-state index contributed by atoms with van der Waals surface area (Å²) >= 11 is 0. The van der Waals surface area contributed by atoms with Crippen LogP contribution >= 0.6 is 0 Å². The monoisotopic (exact) mass is 246 g/mol. The van der Waals surface area contributed by atoms with Crippen molar-refractivity contribution in [1.29, 1.82) is 0 Å². The number of benzene rings is 1. The molecule has 1 aromatic carbocycles. The molecule has 1 aliphatic rings. The number of hydrogen-bond donors (Lipinski definition) is 0. The van der Waals surface area contributed by atoms with Gasteiger partial charge in [-0.05, 0) is 18.0 Å². The van der Waals surface area contributed by atoms with Gasteiger partial charge in [0.05, 0.1) is 19.1 Å². The van der Waals surface area contributed by atoms with Gasteiger partial charge in [-0.15, -0.1) is 0 Å². The van der Waals surface area contributed by atoms with Crippen molar-refractivity contribution < 1.29 is 9.53 Å². The molecule has 0 N–H and O–H groups in total. The number of carbonyl (C=O) groups is 1. The van der Waals surface area contributed by atoms with Crippen molar-refractivity contribution >= 4 is 6.09 Å². The maximum Gasteiger partial charge on any atom is 0.410 e. The van der Waals surface area contributed by atoms with Crippen LogP contribution in [0.15, 0.2) is 35.4 Å². The zero-order valence-corrected chi connectivity index (χ0v) is 10.1. The van der Waals surface area contributed by atoms with Gasteiger partial charge in [0.25, 0.3) is 0 Å². The molecule has 0 aliphatic carbocycles. The van der Waals surface area contributed by atoms with Gasteiger partial charge in [0.2, 0.25) is 0 Å². The van der Waals surface area contributed by atoms with Gasteiger partial charge in [0.15, 0.2) is 0 Å². The molecule has 0 spiro atoms. The molecule has 0 saturated carbocycles. The van der Waals surface area contributed by atoms with Gasteiger partial charge in [0, 0.05) is 4.91 Å². The van der Waals surface area contributed by atoms with Gasteiger partial charge in [0.1, 0.15) is 6.10 Å². The highest BCUT2D eigenvalue weighted by atomic mass is 16.6. The molecule has 1 amide bonds. The molecule has 6 heteroatoms. The smallest absolute Gasteiger partial charge is 0.410 e. The summed E-state index contributed by atoms with van der Waals surface area (Å²) in [4.78, 5) is 16.0. The van der Waals surface area contributed by atoms with Crippen LogP contribution in [0.25, 0.3) is 10.4 Å². The topological polar surface area (TPSA) is 78.3 Å². The minimum Gasteiger partial charge on any atom is -0.444 e. The first-order chi connectivity index (χ1) is 8.72. The van der Waals surface area contributed by atoms with E-state index in [4.69, 9.17) is 10.3 Å². The molecular formula is C12H14N4O2. The Morgan fingerprint density at radius 2 is 2.28 bits per heavy atom. The quantitative estimate of drug-likeness (QED) is 0.465.